The molecular weight excluding hydrogens is 345 g/mol. The normalized spacial score (nSPS) is 19.1. The number of likely N-dealkylation sites (tertiary alicyclic amines) is 1. The summed E-state index contributed by atoms with van der Waals surface area (Å²) in [5.74, 6) is -1.63. The molecule has 1 fully saturated rings. The number of hydrogen-bond donors (Lipinski definition) is 1. The molecule has 1 aliphatic heterocycles. The van der Waals surface area contributed by atoms with Gasteiger partial charge in [-0.05, 0) is 56.6 Å². The topological polar surface area (TPSA) is 74.7 Å². The summed E-state index contributed by atoms with van der Waals surface area (Å²) in [6, 6.07) is 4.81. The molecule has 0 aliphatic carbocycles. The fourth-order valence-electron chi connectivity index (χ4n) is 2.70. The molecule has 2 rings (SSSR count). The van der Waals surface area contributed by atoms with Crippen LogP contribution in [0, 0.1) is 11.7 Å². The summed E-state index contributed by atoms with van der Waals surface area (Å²) in [7, 11) is -3.42. The van der Waals surface area contributed by atoms with Crippen molar-refractivity contribution in [3.8, 4) is 0 Å². The Hall–Kier alpha value is -1.18. The summed E-state index contributed by atoms with van der Waals surface area (Å²) < 4.78 is 37.1. The lowest BCUT2D eigenvalue weighted by Gasteiger charge is -2.30. The van der Waals surface area contributed by atoms with Gasteiger partial charge in [0.2, 0.25) is 0 Å². The highest BCUT2D eigenvalue weighted by atomic mass is 35.5. The van der Waals surface area contributed by atoms with Crippen molar-refractivity contribution in [2.24, 2.45) is 5.92 Å². The zero-order valence-corrected chi connectivity index (χ0v) is 14.3. The van der Waals surface area contributed by atoms with E-state index in [1.54, 1.807) is 0 Å². The summed E-state index contributed by atoms with van der Waals surface area (Å²) in [5.41, 5.74) is 0. The Morgan fingerprint density at radius 1 is 1.30 bits per heavy atom. The molecule has 1 saturated heterocycles. The first-order valence-electron chi connectivity index (χ1n) is 7.32. The van der Waals surface area contributed by atoms with Crippen LogP contribution in [0.5, 0.6) is 0 Å². The second-order valence-electron chi connectivity index (χ2n) is 5.60. The minimum absolute atomic E-state index is 0. The molecule has 0 saturated carbocycles. The van der Waals surface area contributed by atoms with Gasteiger partial charge in [-0.2, -0.15) is 0 Å². The molecule has 1 aromatic rings. The van der Waals surface area contributed by atoms with Crippen LogP contribution in [0.1, 0.15) is 19.3 Å². The van der Waals surface area contributed by atoms with Crippen molar-refractivity contribution in [3.63, 3.8) is 0 Å². The molecule has 1 aliphatic rings. The van der Waals surface area contributed by atoms with Crippen molar-refractivity contribution < 1.29 is 22.7 Å². The molecule has 1 N–H and O–H groups in total. The van der Waals surface area contributed by atoms with E-state index in [9.17, 15) is 17.6 Å². The van der Waals surface area contributed by atoms with Crippen LogP contribution in [-0.4, -0.2) is 49.8 Å². The van der Waals surface area contributed by atoms with Crippen molar-refractivity contribution in [1.82, 2.24) is 4.90 Å². The summed E-state index contributed by atoms with van der Waals surface area (Å²) in [4.78, 5) is 13.1. The molecule has 1 aromatic carbocycles. The van der Waals surface area contributed by atoms with E-state index >= 15 is 0 Å². The van der Waals surface area contributed by atoms with E-state index in [0.717, 1.165) is 25.1 Å². The number of sulfone groups is 1. The van der Waals surface area contributed by atoms with Gasteiger partial charge in [0.1, 0.15) is 5.82 Å². The van der Waals surface area contributed by atoms with Gasteiger partial charge in [-0.15, -0.1) is 12.4 Å². The summed E-state index contributed by atoms with van der Waals surface area (Å²) in [6.45, 7) is 1.84. The number of piperidine rings is 1. The minimum Gasteiger partial charge on any atom is -0.481 e. The van der Waals surface area contributed by atoms with E-state index in [1.807, 2.05) is 4.90 Å². The highest BCUT2D eigenvalue weighted by Crippen LogP contribution is 2.18. The maximum Gasteiger partial charge on any atom is 0.307 e. The van der Waals surface area contributed by atoms with Gasteiger partial charge in [0.05, 0.1) is 16.6 Å². The third-order valence-electron chi connectivity index (χ3n) is 3.91. The third kappa shape index (κ3) is 5.75. The number of rotatable bonds is 6. The van der Waals surface area contributed by atoms with Gasteiger partial charge in [-0.3, -0.25) is 4.79 Å². The molecule has 8 heteroatoms. The highest BCUT2D eigenvalue weighted by molar-refractivity contribution is 7.91. The van der Waals surface area contributed by atoms with Crippen LogP contribution < -0.4 is 0 Å². The van der Waals surface area contributed by atoms with Crippen molar-refractivity contribution in [3.05, 3.63) is 30.1 Å². The smallest absolute Gasteiger partial charge is 0.307 e. The van der Waals surface area contributed by atoms with Gasteiger partial charge in [-0.25, -0.2) is 12.8 Å². The number of carboxylic acid groups (broad SMARTS) is 1. The molecule has 0 radical (unpaired) electrons. The monoisotopic (exact) mass is 365 g/mol. The lowest BCUT2D eigenvalue weighted by molar-refractivity contribution is -0.143. The minimum atomic E-state index is -3.42. The number of halogens is 2. The molecule has 0 spiro atoms. The van der Waals surface area contributed by atoms with Crippen molar-refractivity contribution in [2.75, 3.05) is 25.4 Å². The lowest BCUT2D eigenvalue weighted by Crippen LogP contribution is -2.39. The van der Waals surface area contributed by atoms with Crippen LogP contribution in [0.25, 0.3) is 0 Å². The van der Waals surface area contributed by atoms with Gasteiger partial charge in [0.25, 0.3) is 0 Å². The number of carboxylic acids is 1. The van der Waals surface area contributed by atoms with Crippen LogP contribution in [0.4, 0.5) is 4.39 Å². The van der Waals surface area contributed by atoms with E-state index in [0.29, 0.717) is 25.9 Å². The third-order valence-corrected chi connectivity index (χ3v) is 5.73. The van der Waals surface area contributed by atoms with E-state index in [-0.39, 0.29) is 29.0 Å². The summed E-state index contributed by atoms with van der Waals surface area (Å²) in [5, 5.41) is 9.03. The van der Waals surface area contributed by atoms with Gasteiger partial charge in [0, 0.05) is 6.54 Å². The Labute approximate surface area is 141 Å². The SMILES string of the molecule is Cl.O=C(O)C1CCCN(CCCS(=O)(=O)c2ccc(F)cc2)C1. The van der Waals surface area contributed by atoms with Crippen molar-refractivity contribution in [2.45, 2.75) is 24.2 Å². The number of carbonyl (C=O) groups is 1. The predicted molar refractivity (Wildman–Crippen MR) is 87.1 cm³/mol. The standard InChI is InChI=1S/C15H20FNO4S.ClH/c16-13-4-6-14(7-5-13)22(20,21)10-2-9-17-8-1-3-12(11-17)15(18)19;/h4-7,12H,1-3,8-11H2,(H,18,19);1H. The Morgan fingerprint density at radius 3 is 2.57 bits per heavy atom. The maximum atomic E-state index is 12.8. The number of aliphatic carboxylic acids is 1. The first kappa shape index (κ1) is 19.9. The van der Waals surface area contributed by atoms with Crippen molar-refractivity contribution >= 4 is 28.2 Å². The molecule has 23 heavy (non-hydrogen) atoms. The van der Waals surface area contributed by atoms with Gasteiger partial charge >= 0.3 is 5.97 Å². The molecule has 0 bridgehead atoms. The van der Waals surface area contributed by atoms with Gasteiger partial charge in [-0.1, -0.05) is 0 Å². The second kappa shape index (κ2) is 8.61. The van der Waals surface area contributed by atoms with Crippen LogP contribution >= 0.6 is 12.4 Å². The van der Waals surface area contributed by atoms with Crippen LogP contribution in [0.3, 0.4) is 0 Å². The van der Waals surface area contributed by atoms with Crippen LogP contribution in [0.15, 0.2) is 29.2 Å². The largest absolute Gasteiger partial charge is 0.481 e. The fraction of sp³-hybridized carbons (Fsp3) is 0.533. The first-order valence-corrected chi connectivity index (χ1v) is 8.97. The summed E-state index contributed by atoms with van der Waals surface area (Å²) >= 11 is 0. The highest BCUT2D eigenvalue weighted by Gasteiger charge is 2.25. The summed E-state index contributed by atoms with van der Waals surface area (Å²) in [6.07, 6.45) is 1.94. The molecule has 1 unspecified atom stereocenters. The Kier molecular flexibility index (Phi) is 7.44. The van der Waals surface area contributed by atoms with E-state index in [1.165, 1.54) is 12.1 Å². The van der Waals surface area contributed by atoms with E-state index in [4.69, 9.17) is 5.11 Å². The molecule has 130 valence electrons. The van der Waals surface area contributed by atoms with Crippen LogP contribution in [-0.2, 0) is 14.6 Å². The zero-order chi connectivity index (χ0) is 16.2. The van der Waals surface area contributed by atoms with E-state index < -0.39 is 21.6 Å². The number of nitrogens with zero attached hydrogens (tertiary/aromatic N) is 1. The average molecular weight is 366 g/mol. The van der Waals surface area contributed by atoms with Gasteiger partial charge in [0.15, 0.2) is 9.84 Å². The predicted octanol–water partition coefficient (Wildman–Crippen LogP) is 2.21. The van der Waals surface area contributed by atoms with E-state index in [2.05, 4.69) is 0 Å². The molecule has 0 amide bonds. The maximum absolute atomic E-state index is 12.8. The van der Waals surface area contributed by atoms with Crippen molar-refractivity contribution in [1.29, 1.82) is 0 Å². The average Bonchev–Trinajstić information content (AvgIpc) is 2.48. The molecular formula is C15H21ClFNO4S. The number of benzene rings is 1. The molecule has 5 nitrogen and oxygen atoms in total. The molecule has 0 aromatic heterocycles. The number of hydrogen-bond acceptors (Lipinski definition) is 4. The quantitative estimate of drug-likeness (QED) is 0.782. The molecule has 1 atom stereocenters. The zero-order valence-electron chi connectivity index (χ0n) is 12.7. The van der Waals surface area contributed by atoms with Gasteiger partial charge < -0.3 is 10.0 Å². The Balaban J connectivity index is 0.00000264. The lowest BCUT2D eigenvalue weighted by atomic mass is 9.98. The first-order chi connectivity index (χ1) is 10.4. The fourth-order valence-corrected chi connectivity index (χ4v) is 3.99. The van der Waals surface area contributed by atoms with Crippen LogP contribution in [0.2, 0.25) is 0 Å². The Morgan fingerprint density at radius 2 is 1.96 bits per heavy atom. The second-order valence-corrected chi connectivity index (χ2v) is 7.71. The molecule has 1 heterocycles. The Bertz CT molecular complexity index is 621.